The van der Waals surface area contributed by atoms with Crippen LogP contribution in [0.15, 0.2) is 52.0 Å². The van der Waals surface area contributed by atoms with Crippen molar-refractivity contribution in [3.8, 4) is 0 Å². The molecule has 1 N–H and O–H groups in total. The molecule has 0 aliphatic heterocycles. The van der Waals surface area contributed by atoms with Crippen molar-refractivity contribution in [3.63, 3.8) is 0 Å². The maximum absolute atomic E-state index is 12.5. The highest BCUT2D eigenvalue weighted by Crippen LogP contribution is 2.40. The fourth-order valence-electron chi connectivity index (χ4n) is 1.56. The molecule has 0 atom stereocenters. The molecule has 106 valence electrons. The number of thioether (sulfide) groups is 1. The van der Waals surface area contributed by atoms with Gasteiger partial charge in [0.1, 0.15) is 4.60 Å². The van der Waals surface area contributed by atoms with Crippen molar-refractivity contribution in [1.82, 2.24) is 4.98 Å². The van der Waals surface area contributed by atoms with Crippen molar-refractivity contribution in [2.24, 2.45) is 0 Å². The predicted octanol–water partition coefficient (Wildman–Crippen LogP) is 5.07. The van der Waals surface area contributed by atoms with Crippen LogP contribution in [0, 0.1) is 0 Å². The summed E-state index contributed by atoms with van der Waals surface area (Å²) in [6, 6.07) is 11.7. The summed E-state index contributed by atoms with van der Waals surface area (Å²) in [7, 11) is 0. The van der Waals surface area contributed by atoms with E-state index in [0.29, 0.717) is 16.8 Å². The molecule has 7 heteroatoms. The van der Waals surface area contributed by atoms with Crippen LogP contribution >= 0.6 is 27.7 Å². The zero-order valence-electron chi connectivity index (χ0n) is 10.1. The lowest BCUT2D eigenvalue weighted by Crippen LogP contribution is -2.05. The average Bonchev–Trinajstić information content (AvgIpc) is 2.36. The molecular formula is C13H10BrF3N2S. The van der Waals surface area contributed by atoms with E-state index in [1.807, 2.05) is 6.07 Å². The highest BCUT2D eigenvalue weighted by Gasteiger charge is 2.30. The molecule has 0 aliphatic rings. The number of pyridine rings is 1. The Kier molecular flexibility index (Phi) is 4.93. The van der Waals surface area contributed by atoms with Gasteiger partial charge in [0.25, 0.3) is 0 Å². The van der Waals surface area contributed by atoms with Crippen LogP contribution in [0.1, 0.15) is 5.69 Å². The van der Waals surface area contributed by atoms with Crippen molar-refractivity contribution in [1.29, 1.82) is 0 Å². The Bertz CT molecular complexity index is 590. The number of alkyl halides is 3. The Morgan fingerprint density at radius 2 is 1.85 bits per heavy atom. The van der Waals surface area contributed by atoms with E-state index >= 15 is 0 Å². The van der Waals surface area contributed by atoms with Gasteiger partial charge < -0.3 is 5.32 Å². The van der Waals surface area contributed by atoms with Gasteiger partial charge >= 0.3 is 5.51 Å². The van der Waals surface area contributed by atoms with Crippen LogP contribution in [0.25, 0.3) is 0 Å². The Hall–Kier alpha value is -1.21. The number of anilines is 1. The molecule has 0 radical (unpaired) electrons. The molecule has 1 aromatic heterocycles. The molecule has 1 aromatic carbocycles. The van der Waals surface area contributed by atoms with Crippen LogP contribution in [0.5, 0.6) is 0 Å². The minimum absolute atomic E-state index is 0.127. The Balaban J connectivity index is 2.09. The number of para-hydroxylation sites is 1. The molecule has 0 bridgehead atoms. The Morgan fingerprint density at radius 1 is 1.10 bits per heavy atom. The first kappa shape index (κ1) is 15.2. The van der Waals surface area contributed by atoms with Gasteiger partial charge in [-0.1, -0.05) is 18.2 Å². The zero-order chi connectivity index (χ0) is 14.6. The molecule has 0 fully saturated rings. The number of benzene rings is 1. The maximum atomic E-state index is 12.5. The van der Waals surface area contributed by atoms with E-state index in [9.17, 15) is 13.2 Å². The fourth-order valence-corrected chi connectivity index (χ4v) is 2.59. The van der Waals surface area contributed by atoms with Gasteiger partial charge in [0.05, 0.1) is 12.2 Å². The molecule has 0 aliphatic carbocycles. The lowest BCUT2D eigenvalue weighted by atomic mass is 10.3. The first-order valence-corrected chi connectivity index (χ1v) is 7.25. The molecule has 2 nitrogen and oxygen atoms in total. The van der Waals surface area contributed by atoms with Gasteiger partial charge in [0, 0.05) is 10.6 Å². The van der Waals surface area contributed by atoms with E-state index in [2.05, 4.69) is 26.2 Å². The summed E-state index contributed by atoms with van der Waals surface area (Å²) in [4.78, 5) is 4.37. The minimum atomic E-state index is -4.30. The summed E-state index contributed by atoms with van der Waals surface area (Å²) in [5.74, 6) is 0. The summed E-state index contributed by atoms with van der Waals surface area (Å²) >= 11 is 3.12. The molecule has 0 saturated carbocycles. The van der Waals surface area contributed by atoms with Crippen LogP contribution in [-0.2, 0) is 6.54 Å². The molecule has 20 heavy (non-hydrogen) atoms. The van der Waals surface area contributed by atoms with Gasteiger partial charge in [-0.15, -0.1) is 0 Å². The second-order valence-electron chi connectivity index (χ2n) is 3.85. The summed E-state index contributed by atoms with van der Waals surface area (Å²) in [6.45, 7) is 0.356. The first-order valence-electron chi connectivity index (χ1n) is 5.64. The van der Waals surface area contributed by atoms with Crippen LogP contribution in [0.2, 0.25) is 0 Å². The van der Waals surface area contributed by atoms with Gasteiger partial charge in [-0.2, -0.15) is 13.2 Å². The molecule has 2 aromatic rings. The van der Waals surface area contributed by atoms with Gasteiger partial charge in [-0.3, -0.25) is 0 Å². The lowest BCUT2D eigenvalue weighted by molar-refractivity contribution is -0.0327. The van der Waals surface area contributed by atoms with E-state index in [1.165, 1.54) is 6.07 Å². The summed E-state index contributed by atoms with van der Waals surface area (Å²) in [5.41, 5.74) is -3.12. The smallest absolute Gasteiger partial charge is 0.378 e. The van der Waals surface area contributed by atoms with Gasteiger partial charge in [-0.25, -0.2) is 4.98 Å². The molecule has 2 rings (SSSR count). The van der Waals surface area contributed by atoms with Crippen LogP contribution in [0.4, 0.5) is 18.9 Å². The number of hydrogen-bond acceptors (Lipinski definition) is 3. The van der Waals surface area contributed by atoms with E-state index in [1.54, 1.807) is 30.3 Å². The quantitative estimate of drug-likeness (QED) is 0.607. The van der Waals surface area contributed by atoms with Crippen LogP contribution in [0.3, 0.4) is 0 Å². The zero-order valence-corrected chi connectivity index (χ0v) is 12.5. The largest absolute Gasteiger partial charge is 0.446 e. The SMILES string of the molecule is FC(F)(F)Sc1ccccc1NCc1cccc(Br)n1. The first-order chi connectivity index (χ1) is 9.44. The Morgan fingerprint density at radius 3 is 2.55 bits per heavy atom. The number of rotatable bonds is 4. The number of nitrogens with zero attached hydrogens (tertiary/aromatic N) is 1. The third-order valence-corrected chi connectivity index (χ3v) is 3.59. The van der Waals surface area contributed by atoms with E-state index in [-0.39, 0.29) is 16.7 Å². The topological polar surface area (TPSA) is 24.9 Å². The van der Waals surface area contributed by atoms with Gasteiger partial charge in [-0.05, 0) is 52.0 Å². The van der Waals surface area contributed by atoms with Crippen molar-refractivity contribution in [2.45, 2.75) is 16.9 Å². The van der Waals surface area contributed by atoms with E-state index < -0.39 is 5.51 Å². The Labute approximate surface area is 126 Å². The summed E-state index contributed by atoms with van der Waals surface area (Å²) in [6.07, 6.45) is 0. The van der Waals surface area contributed by atoms with Crippen LogP contribution in [-0.4, -0.2) is 10.5 Å². The fraction of sp³-hybridized carbons (Fsp3) is 0.154. The molecule has 0 unspecified atom stereocenters. The lowest BCUT2D eigenvalue weighted by Gasteiger charge is -2.12. The molecule has 0 saturated heterocycles. The van der Waals surface area contributed by atoms with Gasteiger partial charge in [0.2, 0.25) is 0 Å². The second kappa shape index (κ2) is 6.49. The molecule has 0 spiro atoms. The second-order valence-corrected chi connectivity index (χ2v) is 5.77. The van der Waals surface area contributed by atoms with Crippen molar-refractivity contribution in [3.05, 3.63) is 52.8 Å². The summed E-state index contributed by atoms with van der Waals surface area (Å²) in [5, 5.41) is 2.98. The van der Waals surface area contributed by atoms with Crippen molar-refractivity contribution < 1.29 is 13.2 Å². The van der Waals surface area contributed by atoms with Crippen molar-refractivity contribution >= 4 is 33.4 Å². The predicted molar refractivity (Wildman–Crippen MR) is 77.6 cm³/mol. The average molecular weight is 363 g/mol. The maximum Gasteiger partial charge on any atom is 0.446 e. The summed E-state index contributed by atoms with van der Waals surface area (Å²) < 4.78 is 38.1. The number of aromatic nitrogens is 1. The van der Waals surface area contributed by atoms with E-state index in [4.69, 9.17) is 0 Å². The highest BCUT2D eigenvalue weighted by molar-refractivity contribution is 9.10. The minimum Gasteiger partial charge on any atom is -0.378 e. The van der Waals surface area contributed by atoms with Crippen molar-refractivity contribution in [2.75, 3.05) is 5.32 Å². The molecule has 1 heterocycles. The van der Waals surface area contributed by atoms with Gasteiger partial charge in [0.15, 0.2) is 0 Å². The third kappa shape index (κ3) is 4.72. The normalized spacial score (nSPS) is 11.4. The molecule has 0 amide bonds. The number of nitrogens with one attached hydrogen (secondary N) is 1. The highest BCUT2D eigenvalue weighted by atomic mass is 79.9. The third-order valence-electron chi connectivity index (χ3n) is 2.35. The monoisotopic (exact) mass is 362 g/mol. The molecular weight excluding hydrogens is 353 g/mol. The van der Waals surface area contributed by atoms with Crippen LogP contribution < -0.4 is 5.32 Å². The number of hydrogen-bond donors (Lipinski definition) is 1. The standard InChI is InChI=1S/C13H10BrF3N2S/c14-12-7-3-4-9(19-12)8-18-10-5-1-2-6-11(10)20-13(15,16)17/h1-7,18H,8H2. The van der Waals surface area contributed by atoms with E-state index in [0.717, 1.165) is 5.69 Å². The number of halogens is 4.